The van der Waals surface area contributed by atoms with Crippen LogP contribution in [-0.4, -0.2) is 20.2 Å². The molecule has 0 fully saturated rings. The number of ether oxygens (including phenoxy) is 3. The second-order valence-electron chi connectivity index (χ2n) is 9.32. The molecule has 3 aromatic carbocycles. The minimum atomic E-state index is -0.279. The highest BCUT2D eigenvalue weighted by Gasteiger charge is 2.31. The predicted molar refractivity (Wildman–Crippen MR) is 135 cm³/mol. The van der Waals surface area contributed by atoms with Crippen molar-refractivity contribution in [1.82, 2.24) is 0 Å². The Morgan fingerprint density at radius 1 is 1.03 bits per heavy atom. The summed E-state index contributed by atoms with van der Waals surface area (Å²) in [6.45, 7) is 2.41. The molecule has 1 atom stereocenters. The van der Waals surface area contributed by atoms with Gasteiger partial charge in [-0.3, -0.25) is 4.79 Å². The van der Waals surface area contributed by atoms with Crippen molar-refractivity contribution >= 4 is 5.97 Å². The minimum Gasteiger partial charge on any atom is -0.489 e. The molecule has 1 aliphatic carbocycles. The van der Waals surface area contributed by atoms with Crippen molar-refractivity contribution in [2.24, 2.45) is 0 Å². The van der Waals surface area contributed by atoms with Gasteiger partial charge in [0.2, 0.25) is 0 Å². The zero-order chi connectivity index (χ0) is 24.8. The Kier molecular flexibility index (Phi) is 7.86. The van der Waals surface area contributed by atoms with Gasteiger partial charge < -0.3 is 14.2 Å². The molecule has 0 saturated heterocycles. The van der Waals surface area contributed by atoms with Gasteiger partial charge in [0.25, 0.3) is 0 Å². The molecule has 0 bridgehead atoms. The van der Waals surface area contributed by atoms with E-state index < -0.39 is 0 Å². The zero-order valence-electron chi connectivity index (χ0n) is 20.7. The van der Waals surface area contributed by atoms with Gasteiger partial charge in [-0.1, -0.05) is 36.4 Å². The number of aryl methyl sites for hydroxylation is 2. The number of fused-ring (bicyclic) bond motifs is 1. The smallest absolute Gasteiger partial charge is 0.305 e. The standard InChI is InChI=1S/C30H33FO4/c1-30(34-3)17-5-7-23-18-22(11-16-28(23)30)27-15-12-25(31)19-24(27)20-35-26-13-9-21(10-14-26)6-4-8-29(32)33-2/h9-16,18-19H,4-8,17,20H2,1-3H3. The highest BCUT2D eigenvalue weighted by molar-refractivity contribution is 5.69. The number of esters is 1. The Balaban J connectivity index is 1.48. The van der Waals surface area contributed by atoms with Gasteiger partial charge in [0.15, 0.2) is 0 Å². The van der Waals surface area contributed by atoms with E-state index >= 15 is 0 Å². The fourth-order valence-electron chi connectivity index (χ4n) is 4.86. The Bertz CT molecular complexity index is 1170. The van der Waals surface area contributed by atoms with Crippen molar-refractivity contribution in [2.75, 3.05) is 14.2 Å². The van der Waals surface area contributed by atoms with E-state index in [1.165, 1.54) is 24.3 Å². The van der Waals surface area contributed by atoms with E-state index in [1.807, 2.05) is 30.3 Å². The Morgan fingerprint density at radius 3 is 2.57 bits per heavy atom. The summed E-state index contributed by atoms with van der Waals surface area (Å²) in [5, 5.41) is 0. The number of hydrogen-bond acceptors (Lipinski definition) is 4. The fourth-order valence-corrected chi connectivity index (χ4v) is 4.86. The molecule has 0 aromatic heterocycles. The molecule has 1 unspecified atom stereocenters. The van der Waals surface area contributed by atoms with Crippen LogP contribution in [0.5, 0.6) is 5.75 Å². The van der Waals surface area contributed by atoms with Gasteiger partial charge in [-0.05, 0) is 96.7 Å². The van der Waals surface area contributed by atoms with Gasteiger partial charge in [0.05, 0.1) is 12.7 Å². The third kappa shape index (κ3) is 5.91. The van der Waals surface area contributed by atoms with Crippen molar-refractivity contribution in [3.8, 4) is 16.9 Å². The molecule has 0 saturated carbocycles. The quantitative estimate of drug-likeness (QED) is 0.320. The average Bonchev–Trinajstić information content (AvgIpc) is 2.88. The van der Waals surface area contributed by atoms with Crippen LogP contribution in [0.25, 0.3) is 11.1 Å². The first-order valence-corrected chi connectivity index (χ1v) is 12.2. The van der Waals surface area contributed by atoms with Crippen LogP contribution in [0, 0.1) is 5.82 Å². The molecule has 4 nitrogen and oxygen atoms in total. The molecular formula is C30H33FO4. The van der Waals surface area contributed by atoms with Crippen LogP contribution in [0.15, 0.2) is 60.7 Å². The van der Waals surface area contributed by atoms with Crippen LogP contribution in [0.1, 0.15) is 54.9 Å². The van der Waals surface area contributed by atoms with E-state index in [4.69, 9.17) is 9.47 Å². The summed E-state index contributed by atoms with van der Waals surface area (Å²) >= 11 is 0. The van der Waals surface area contributed by atoms with E-state index in [-0.39, 0.29) is 24.0 Å². The molecule has 0 aliphatic heterocycles. The molecule has 0 amide bonds. The highest BCUT2D eigenvalue weighted by atomic mass is 19.1. The van der Waals surface area contributed by atoms with Gasteiger partial charge in [0.1, 0.15) is 18.2 Å². The summed E-state index contributed by atoms with van der Waals surface area (Å²) in [5.41, 5.74) is 6.23. The number of carbonyl (C=O) groups excluding carboxylic acids is 1. The highest BCUT2D eigenvalue weighted by Crippen LogP contribution is 2.39. The van der Waals surface area contributed by atoms with Crippen LogP contribution in [-0.2, 0) is 39.3 Å². The van der Waals surface area contributed by atoms with Gasteiger partial charge in [-0.25, -0.2) is 4.39 Å². The molecule has 0 N–H and O–H groups in total. The summed E-state index contributed by atoms with van der Waals surface area (Å²) in [5.74, 6) is 0.249. The Morgan fingerprint density at radius 2 is 1.83 bits per heavy atom. The van der Waals surface area contributed by atoms with Crippen molar-refractivity contribution in [3.63, 3.8) is 0 Å². The molecule has 5 heteroatoms. The molecule has 184 valence electrons. The monoisotopic (exact) mass is 476 g/mol. The second-order valence-corrected chi connectivity index (χ2v) is 9.32. The van der Waals surface area contributed by atoms with Crippen molar-refractivity contribution < 1.29 is 23.4 Å². The maximum absolute atomic E-state index is 14.2. The number of hydrogen-bond donors (Lipinski definition) is 0. The zero-order valence-corrected chi connectivity index (χ0v) is 20.7. The van der Waals surface area contributed by atoms with Gasteiger partial charge in [0, 0.05) is 13.5 Å². The summed E-state index contributed by atoms with van der Waals surface area (Å²) in [4.78, 5) is 11.3. The lowest BCUT2D eigenvalue weighted by Gasteiger charge is -2.35. The summed E-state index contributed by atoms with van der Waals surface area (Å²) in [6.07, 6.45) is 5.05. The van der Waals surface area contributed by atoms with Crippen molar-refractivity contribution in [3.05, 3.63) is 88.7 Å². The molecule has 1 aliphatic rings. The fraction of sp³-hybridized carbons (Fsp3) is 0.367. The van der Waals surface area contributed by atoms with Crippen LogP contribution >= 0.6 is 0 Å². The number of benzene rings is 3. The first-order valence-electron chi connectivity index (χ1n) is 12.2. The maximum atomic E-state index is 14.2. The van der Waals surface area contributed by atoms with Crippen LogP contribution in [0.3, 0.4) is 0 Å². The number of carbonyl (C=O) groups is 1. The SMILES string of the molecule is COC(=O)CCCc1ccc(OCc2cc(F)ccc2-c2ccc3c(c2)CCCC3(C)OC)cc1. The third-order valence-corrected chi connectivity index (χ3v) is 7.00. The van der Waals surface area contributed by atoms with Crippen LogP contribution in [0.4, 0.5) is 4.39 Å². The van der Waals surface area contributed by atoms with Gasteiger partial charge in [-0.15, -0.1) is 0 Å². The van der Waals surface area contributed by atoms with Gasteiger partial charge >= 0.3 is 5.97 Å². The number of rotatable bonds is 9. The summed E-state index contributed by atoms with van der Waals surface area (Å²) in [6, 6.07) is 19.2. The lowest BCUT2D eigenvalue weighted by atomic mass is 9.79. The normalized spacial score (nSPS) is 17.0. The van der Waals surface area contributed by atoms with E-state index in [2.05, 4.69) is 29.9 Å². The Labute approximate surface area is 207 Å². The minimum absolute atomic E-state index is 0.192. The molecule has 4 rings (SSSR count). The summed E-state index contributed by atoms with van der Waals surface area (Å²) < 4.78 is 30.7. The molecule has 0 radical (unpaired) electrons. The molecule has 35 heavy (non-hydrogen) atoms. The largest absolute Gasteiger partial charge is 0.489 e. The van der Waals surface area contributed by atoms with Crippen molar-refractivity contribution in [1.29, 1.82) is 0 Å². The predicted octanol–water partition coefficient (Wildman–Crippen LogP) is 6.77. The summed E-state index contributed by atoms with van der Waals surface area (Å²) in [7, 11) is 3.17. The number of methoxy groups -OCH3 is 2. The lowest BCUT2D eigenvalue weighted by Crippen LogP contribution is -2.29. The molecular weight excluding hydrogens is 443 g/mol. The van der Waals surface area contributed by atoms with Crippen LogP contribution in [0.2, 0.25) is 0 Å². The second kappa shape index (κ2) is 11.0. The van der Waals surface area contributed by atoms with E-state index in [1.54, 1.807) is 13.2 Å². The van der Waals surface area contributed by atoms with E-state index in [0.717, 1.165) is 60.1 Å². The molecule has 0 spiro atoms. The molecule has 0 heterocycles. The van der Waals surface area contributed by atoms with Crippen LogP contribution < -0.4 is 4.74 Å². The average molecular weight is 477 g/mol. The Hall–Kier alpha value is -3.18. The first kappa shape index (κ1) is 24.9. The van der Waals surface area contributed by atoms with E-state index in [9.17, 15) is 9.18 Å². The first-order chi connectivity index (χ1) is 16.9. The molecule has 3 aromatic rings. The van der Waals surface area contributed by atoms with Crippen molar-refractivity contribution in [2.45, 2.75) is 57.7 Å². The van der Waals surface area contributed by atoms with Gasteiger partial charge in [-0.2, -0.15) is 0 Å². The topological polar surface area (TPSA) is 44.8 Å². The number of halogens is 1. The lowest BCUT2D eigenvalue weighted by molar-refractivity contribution is -0.140. The third-order valence-electron chi connectivity index (χ3n) is 7.00. The maximum Gasteiger partial charge on any atom is 0.305 e. The van der Waals surface area contributed by atoms with E-state index in [0.29, 0.717) is 6.42 Å².